The normalized spacial score (nSPS) is 43.8. The summed E-state index contributed by atoms with van der Waals surface area (Å²) in [5, 5.41) is 3.73. The van der Waals surface area contributed by atoms with Crippen molar-refractivity contribution < 1.29 is 4.74 Å². The van der Waals surface area contributed by atoms with E-state index in [0.29, 0.717) is 6.04 Å². The maximum absolute atomic E-state index is 6.41. The first kappa shape index (κ1) is 11.7. The van der Waals surface area contributed by atoms with E-state index in [2.05, 4.69) is 63.2 Å². The molecule has 0 amide bonds. The lowest BCUT2D eigenvalue weighted by molar-refractivity contribution is -0.0764. The molecule has 18 heavy (non-hydrogen) atoms. The van der Waals surface area contributed by atoms with Gasteiger partial charge in [0.2, 0.25) is 0 Å². The Balaban J connectivity index is 1.95. The third-order valence-electron chi connectivity index (χ3n) is 5.07. The molecule has 4 atom stereocenters. The number of hydrogen-bond acceptors (Lipinski definition) is 2. The number of halogens is 2. The molecule has 2 fully saturated rings. The lowest BCUT2D eigenvalue weighted by Crippen LogP contribution is -2.43. The summed E-state index contributed by atoms with van der Waals surface area (Å²) in [6, 6.07) is 4.73. The Morgan fingerprint density at radius 3 is 2.83 bits per heavy atom. The van der Waals surface area contributed by atoms with Crippen LogP contribution in [0, 0.1) is 5.41 Å². The number of rotatable bonds is 0. The van der Waals surface area contributed by atoms with Crippen molar-refractivity contribution in [2.24, 2.45) is 5.41 Å². The third-order valence-corrected chi connectivity index (χ3v) is 6.16. The van der Waals surface area contributed by atoms with Crippen LogP contribution < -0.4 is 5.32 Å². The van der Waals surface area contributed by atoms with Crippen LogP contribution in [-0.4, -0.2) is 11.6 Å². The van der Waals surface area contributed by atoms with Gasteiger partial charge in [0.25, 0.3) is 0 Å². The van der Waals surface area contributed by atoms with Gasteiger partial charge in [-0.05, 0) is 47.8 Å². The molecule has 1 aromatic rings. The first-order valence-corrected chi connectivity index (χ1v) is 7.96. The molecule has 96 valence electrons. The minimum absolute atomic E-state index is 0.00957. The van der Waals surface area contributed by atoms with Crippen LogP contribution in [0.2, 0.25) is 0 Å². The van der Waals surface area contributed by atoms with E-state index < -0.39 is 0 Å². The monoisotopic (exact) mass is 371 g/mol. The molecule has 1 saturated carbocycles. The number of ether oxygens (including phenoxy) is 1. The van der Waals surface area contributed by atoms with Crippen molar-refractivity contribution in [3.8, 4) is 0 Å². The molecule has 1 N–H and O–H groups in total. The van der Waals surface area contributed by atoms with Crippen LogP contribution in [0.4, 0.5) is 5.69 Å². The largest absolute Gasteiger partial charge is 0.378 e. The van der Waals surface area contributed by atoms with Crippen LogP contribution in [0.15, 0.2) is 21.1 Å². The summed E-state index contributed by atoms with van der Waals surface area (Å²) in [6.45, 7) is 4.62. The Morgan fingerprint density at radius 2 is 2.06 bits per heavy atom. The molecule has 4 bridgehead atoms. The summed E-state index contributed by atoms with van der Waals surface area (Å²) in [7, 11) is 0. The average Bonchev–Trinajstić information content (AvgIpc) is 2.59. The summed E-state index contributed by atoms with van der Waals surface area (Å²) in [5.41, 5.74) is 2.74. The van der Waals surface area contributed by atoms with Crippen molar-refractivity contribution in [3.05, 3.63) is 26.6 Å². The molecule has 1 aromatic carbocycles. The van der Waals surface area contributed by atoms with Gasteiger partial charge in [-0.3, -0.25) is 0 Å². The van der Waals surface area contributed by atoms with Crippen LogP contribution in [0.3, 0.4) is 0 Å². The van der Waals surface area contributed by atoms with Crippen LogP contribution in [0.25, 0.3) is 0 Å². The van der Waals surface area contributed by atoms with Crippen LogP contribution >= 0.6 is 31.9 Å². The molecule has 2 aliphatic heterocycles. The molecular weight excluding hydrogens is 358 g/mol. The molecule has 4 heteroatoms. The van der Waals surface area contributed by atoms with Crippen LogP contribution in [0.5, 0.6) is 0 Å². The molecule has 0 radical (unpaired) electrons. The second-order valence-corrected chi connectivity index (χ2v) is 8.02. The van der Waals surface area contributed by atoms with Crippen molar-refractivity contribution in [1.82, 2.24) is 0 Å². The van der Waals surface area contributed by atoms with E-state index in [1.807, 2.05) is 0 Å². The highest BCUT2D eigenvalue weighted by molar-refractivity contribution is 9.11. The smallest absolute Gasteiger partial charge is 0.0928 e. The molecule has 1 aliphatic carbocycles. The zero-order valence-corrected chi connectivity index (χ0v) is 13.6. The zero-order chi connectivity index (χ0) is 12.7. The molecule has 1 saturated heterocycles. The molecule has 3 aliphatic rings. The summed E-state index contributed by atoms with van der Waals surface area (Å²) in [6.07, 6.45) is 2.63. The Kier molecular flexibility index (Phi) is 2.17. The second-order valence-electron chi connectivity index (χ2n) is 6.25. The Labute approximate surface area is 124 Å². The SMILES string of the molecule is CC12CCC3(C)C(O1)c1cc(Br)cc(Br)c1NC23. The number of fused-ring (bicyclic) bond motifs is 2. The average molecular weight is 373 g/mol. The van der Waals surface area contributed by atoms with Gasteiger partial charge in [-0.1, -0.05) is 22.9 Å². The molecule has 4 unspecified atom stereocenters. The van der Waals surface area contributed by atoms with Crippen molar-refractivity contribution >= 4 is 37.5 Å². The number of nitrogens with one attached hydrogen (secondary N) is 1. The topological polar surface area (TPSA) is 21.3 Å². The number of anilines is 1. The second kappa shape index (κ2) is 3.33. The Hall–Kier alpha value is -0.0600. The minimum Gasteiger partial charge on any atom is -0.378 e. The zero-order valence-electron chi connectivity index (χ0n) is 10.4. The van der Waals surface area contributed by atoms with E-state index in [-0.39, 0.29) is 17.1 Å². The first-order valence-electron chi connectivity index (χ1n) is 6.37. The predicted molar refractivity (Wildman–Crippen MR) is 78.8 cm³/mol. The van der Waals surface area contributed by atoms with Crippen LogP contribution in [0.1, 0.15) is 38.4 Å². The van der Waals surface area contributed by atoms with Gasteiger partial charge >= 0.3 is 0 Å². The maximum Gasteiger partial charge on any atom is 0.0928 e. The predicted octanol–water partition coefficient (Wildman–Crippen LogP) is 4.64. The van der Waals surface area contributed by atoms with Gasteiger partial charge in [0.15, 0.2) is 0 Å². The highest BCUT2D eigenvalue weighted by Gasteiger charge is 2.67. The highest BCUT2D eigenvalue weighted by atomic mass is 79.9. The lowest BCUT2D eigenvalue weighted by Gasteiger charge is -2.39. The summed E-state index contributed by atoms with van der Waals surface area (Å²) >= 11 is 7.25. The van der Waals surface area contributed by atoms with Gasteiger partial charge < -0.3 is 10.1 Å². The molecular formula is C14H15Br2NO. The number of hydrogen-bond donors (Lipinski definition) is 1. The van der Waals surface area contributed by atoms with Crippen molar-refractivity contribution in [2.75, 3.05) is 5.32 Å². The minimum atomic E-state index is -0.00957. The standard InChI is InChI=1S/C14H15Br2NO/c1-13-3-4-14(2)12(13)17-10-8(11(13)18-14)5-7(15)6-9(10)16/h5-6,11-12,17H,3-4H2,1-2H3. The van der Waals surface area contributed by atoms with Crippen LogP contribution in [-0.2, 0) is 4.74 Å². The summed E-state index contributed by atoms with van der Waals surface area (Å²) in [5.74, 6) is 0. The Bertz CT molecular complexity index is 561. The quantitative estimate of drug-likeness (QED) is 0.716. The Morgan fingerprint density at radius 1 is 1.28 bits per heavy atom. The van der Waals surface area contributed by atoms with Gasteiger partial charge in [0.05, 0.1) is 23.4 Å². The molecule has 2 nitrogen and oxygen atoms in total. The summed E-state index contributed by atoms with van der Waals surface area (Å²) in [4.78, 5) is 0. The van der Waals surface area contributed by atoms with Gasteiger partial charge in [-0.2, -0.15) is 0 Å². The van der Waals surface area contributed by atoms with Crippen molar-refractivity contribution in [1.29, 1.82) is 0 Å². The van der Waals surface area contributed by atoms with Gasteiger partial charge in [0.1, 0.15) is 0 Å². The van der Waals surface area contributed by atoms with Gasteiger partial charge in [0, 0.05) is 19.9 Å². The van der Waals surface area contributed by atoms with E-state index in [4.69, 9.17) is 4.74 Å². The van der Waals surface area contributed by atoms with E-state index in [1.54, 1.807) is 0 Å². The van der Waals surface area contributed by atoms with E-state index in [9.17, 15) is 0 Å². The molecule has 4 rings (SSSR count). The van der Waals surface area contributed by atoms with Gasteiger partial charge in [-0.25, -0.2) is 0 Å². The summed E-state index contributed by atoms with van der Waals surface area (Å²) < 4.78 is 8.64. The van der Waals surface area contributed by atoms with Crippen molar-refractivity contribution in [2.45, 2.75) is 44.4 Å². The fourth-order valence-corrected chi connectivity index (χ4v) is 5.52. The van der Waals surface area contributed by atoms with Crippen molar-refractivity contribution in [3.63, 3.8) is 0 Å². The van der Waals surface area contributed by atoms with Gasteiger partial charge in [-0.15, -0.1) is 0 Å². The fourth-order valence-electron chi connectivity index (χ4n) is 4.15. The molecule has 0 aromatic heterocycles. The van der Waals surface area contributed by atoms with E-state index in [1.165, 1.54) is 17.7 Å². The van der Waals surface area contributed by atoms with E-state index in [0.717, 1.165) is 15.4 Å². The number of benzene rings is 1. The first-order chi connectivity index (χ1) is 8.44. The highest BCUT2D eigenvalue weighted by Crippen LogP contribution is 2.66. The lowest BCUT2D eigenvalue weighted by atomic mass is 9.74. The molecule has 2 heterocycles. The molecule has 0 spiro atoms. The third kappa shape index (κ3) is 1.22. The maximum atomic E-state index is 6.41. The fraction of sp³-hybridized carbons (Fsp3) is 0.571. The van der Waals surface area contributed by atoms with E-state index >= 15 is 0 Å².